The van der Waals surface area contributed by atoms with Crippen LogP contribution in [0.3, 0.4) is 0 Å². The number of halogens is 6. The standard InChI is InChI=1S/C24H14F6N2O5.2H2/c25-15-9-11(1-3-13(15)20(33)34)19-14(23(26,27)28)4-6-18(31-19)32-21(35)22(7-8-22)12-2-5-16-17(10-12)37-24(29,30)36-16;;/h1-6,9-10H,7-8H2,(H,33,34)(H,31,32,35);2*1H. The van der Waals surface area contributed by atoms with E-state index in [0.29, 0.717) is 30.5 Å². The van der Waals surface area contributed by atoms with E-state index < -0.39 is 52.4 Å². The molecule has 2 aromatic carbocycles. The number of anilines is 1. The number of carboxylic acid groups (broad SMARTS) is 1. The number of amides is 1. The molecule has 1 aliphatic heterocycles. The molecule has 13 heteroatoms. The number of carboxylic acids is 1. The highest BCUT2D eigenvalue weighted by Crippen LogP contribution is 2.52. The van der Waals surface area contributed by atoms with Gasteiger partial charge in [0, 0.05) is 8.42 Å². The van der Waals surface area contributed by atoms with E-state index in [1.807, 2.05) is 0 Å². The van der Waals surface area contributed by atoms with Gasteiger partial charge in [-0.25, -0.2) is 14.2 Å². The van der Waals surface area contributed by atoms with Crippen LogP contribution in [0.25, 0.3) is 11.3 Å². The summed E-state index contributed by atoms with van der Waals surface area (Å²) in [6.07, 6.45) is -8.09. The summed E-state index contributed by atoms with van der Waals surface area (Å²) in [6.45, 7) is 0. The molecule has 7 nitrogen and oxygen atoms in total. The Morgan fingerprint density at radius 1 is 1.00 bits per heavy atom. The highest BCUT2D eigenvalue weighted by molar-refractivity contribution is 6.01. The number of nitrogens with one attached hydrogen (secondary N) is 1. The molecule has 1 saturated carbocycles. The smallest absolute Gasteiger partial charge is 0.478 e. The van der Waals surface area contributed by atoms with Crippen LogP contribution < -0.4 is 14.8 Å². The van der Waals surface area contributed by atoms with Crippen molar-refractivity contribution < 1.29 is 53.4 Å². The van der Waals surface area contributed by atoms with E-state index in [4.69, 9.17) is 5.11 Å². The first-order valence-corrected chi connectivity index (χ1v) is 10.6. The van der Waals surface area contributed by atoms with Gasteiger partial charge in [-0.15, -0.1) is 8.78 Å². The number of nitrogens with zero attached hydrogens (tertiary/aromatic N) is 1. The van der Waals surface area contributed by atoms with Crippen LogP contribution in [0.1, 0.15) is 37.2 Å². The highest BCUT2D eigenvalue weighted by atomic mass is 19.4. The normalized spacial score (nSPS) is 16.8. The summed E-state index contributed by atoms with van der Waals surface area (Å²) in [5.74, 6) is -4.27. The van der Waals surface area contributed by atoms with E-state index in [0.717, 1.165) is 18.2 Å². The van der Waals surface area contributed by atoms with Gasteiger partial charge in [-0.1, -0.05) is 12.1 Å². The molecule has 196 valence electrons. The van der Waals surface area contributed by atoms with Crippen LogP contribution in [-0.4, -0.2) is 28.3 Å². The predicted octanol–water partition coefficient (Wildman–Crippen LogP) is 6.09. The summed E-state index contributed by atoms with van der Waals surface area (Å²) in [7, 11) is 0. The van der Waals surface area contributed by atoms with Crippen LogP contribution in [0.15, 0.2) is 48.5 Å². The van der Waals surface area contributed by atoms with Gasteiger partial charge in [0.1, 0.15) is 11.6 Å². The van der Waals surface area contributed by atoms with E-state index in [1.54, 1.807) is 0 Å². The van der Waals surface area contributed by atoms with Crippen LogP contribution in [0.5, 0.6) is 11.5 Å². The fourth-order valence-electron chi connectivity index (χ4n) is 4.07. The zero-order valence-corrected chi connectivity index (χ0v) is 18.3. The number of aromatic carboxylic acids is 1. The third-order valence-electron chi connectivity index (χ3n) is 6.05. The summed E-state index contributed by atoms with van der Waals surface area (Å²) < 4.78 is 90.5. The Balaban J connectivity index is 0.00000210. The van der Waals surface area contributed by atoms with Gasteiger partial charge in [0.05, 0.1) is 22.2 Å². The summed E-state index contributed by atoms with van der Waals surface area (Å²) in [4.78, 5) is 28.0. The first-order valence-electron chi connectivity index (χ1n) is 10.6. The van der Waals surface area contributed by atoms with Crippen LogP contribution in [0.4, 0.5) is 32.2 Å². The molecule has 1 aliphatic carbocycles. The Morgan fingerprint density at radius 2 is 1.70 bits per heavy atom. The molecule has 0 radical (unpaired) electrons. The maximum absolute atomic E-state index is 14.2. The number of benzene rings is 2. The quantitative estimate of drug-likeness (QED) is 0.389. The SMILES string of the molecule is O=C(O)c1ccc(-c2nc(NC(=O)C3(c4ccc5c(c4)OC(F)(F)O5)CC3)ccc2C(F)(F)F)cc1F.[HH].[HH]. The Hall–Kier alpha value is -4.29. The largest absolute Gasteiger partial charge is 0.586 e. The second kappa shape index (κ2) is 8.11. The molecule has 1 fully saturated rings. The summed E-state index contributed by atoms with van der Waals surface area (Å²) >= 11 is 0. The van der Waals surface area contributed by atoms with Crippen molar-refractivity contribution in [3.63, 3.8) is 0 Å². The minimum Gasteiger partial charge on any atom is -0.478 e. The third kappa shape index (κ3) is 4.41. The molecule has 2 N–H and O–H groups in total. The minimum atomic E-state index is -4.89. The Bertz CT molecular complexity index is 1460. The minimum absolute atomic E-state index is 0. The molecule has 5 rings (SSSR count). The highest BCUT2D eigenvalue weighted by Gasteiger charge is 2.53. The lowest BCUT2D eigenvalue weighted by molar-refractivity contribution is -0.286. The number of rotatable bonds is 5. The van der Waals surface area contributed by atoms with Gasteiger partial charge in [0.15, 0.2) is 11.5 Å². The fraction of sp³-hybridized carbons (Fsp3) is 0.208. The number of pyridine rings is 1. The number of ether oxygens (including phenoxy) is 2. The van der Waals surface area contributed by atoms with E-state index in [1.165, 1.54) is 18.2 Å². The Kier molecular flexibility index (Phi) is 5.35. The molecule has 0 saturated heterocycles. The summed E-state index contributed by atoms with van der Waals surface area (Å²) in [5, 5.41) is 11.4. The maximum Gasteiger partial charge on any atom is 0.586 e. The molecule has 1 aromatic heterocycles. The monoisotopic (exact) mass is 528 g/mol. The van der Waals surface area contributed by atoms with Crippen molar-refractivity contribution in [3.05, 3.63) is 71.0 Å². The van der Waals surface area contributed by atoms with Crippen molar-refractivity contribution in [2.45, 2.75) is 30.7 Å². The summed E-state index contributed by atoms with van der Waals surface area (Å²) in [5.41, 5.74) is -3.87. The van der Waals surface area contributed by atoms with Crippen LogP contribution in [0, 0.1) is 5.82 Å². The van der Waals surface area contributed by atoms with E-state index >= 15 is 0 Å². The average Bonchev–Trinajstić information content (AvgIpc) is 3.55. The zero-order valence-electron chi connectivity index (χ0n) is 18.3. The Labute approximate surface area is 206 Å². The fourth-order valence-corrected chi connectivity index (χ4v) is 4.07. The lowest BCUT2D eigenvalue weighted by atomic mass is 9.94. The van der Waals surface area contributed by atoms with Gasteiger partial charge in [-0.2, -0.15) is 13.2 Å². The molecule has 0 spiro atoms. The molecule has 1 amide bonds. The van der Waals surface area contributed by atoms with Crippen LogP contribution >= 0.6 is 0 Å². The van der Waals surface area contributed by atoms with Crippen molar-refractivity contribution in [2.24, 2.45) is 0 Å². The number of aromatic nitrogens is 1. The topological polar surface area (TPSA) is 97.8 Å². The van der Waals surface area contributed by atoms with Gasteiger partial charge >= 0.3 is 18.4 Å². The van der Waals surface area contributed by atoms with Crippen molar-refractivity contribution in [2.75, 3.05) is 5.32 Å². The number of fused-ring (bicyclic) bond motifs is 1. The number of hydrogen-bond acceptors (Lipinski definition) is 5. The van der Waals surface area contributed by atoms with Crippen LogP contribution in [-0.2, 0) is 16.4 Å². The lowest BCUT2D eigenvalue weighted by Crippen LogP contribution is -2.28. The number of alkyl halides is 5. The average molecular weight is 528 g/mol. The second-order valence-electron chi connectivity index (χ2n) is 8.46. The van der Waals surface area contributed by atoms with Gasteiger partial charge in [-0.3, -0.25) is 4.79 Å². The molecule has 0 atom stereocenters. The molecule has 0 bridgehead atoms. The molecular formula is C24H18F6N2O5. The number of carbonyl (C=O) groups excluding carboxylic acids is 1. The van der Waals surface area contributed by atoms with Crippen molar-refractivity contribution in [3.8, 4) is 22.8 Å². The molecule has 0 unspecified atom stereocenters. The first kappa shape index (κ1) is 24.4. The van der Waals surface area contributed by atoms with Gasteiger partial charge in [0.25, 0.3) is 0 Å². The van der Waals surface area contributed by atoms with Crippen molar-refractivity contribution in [1.82, 2.24) is 4.98 Å². The molecule has 2 heterocycles. The van der Waals surface area contributed by atoms with Gasteiger partial charge < -0.3 is 19.9 Å². The predicted molar refractivity (Wildman–Crippen MR) is 118 cm³/mol. The van der Waals surface area contributed by atoms with Crippen molar-refractivity contribution in [1.29, 1.82) is 0 Å². The van der Waals surface area contributed by atoms with Crippen molar-refractivity contribution >= 4 is 17.7 Å². The van der Waals surface area contributed by atoms with E-state index in [-0.39, 0.29) is 25.7 Å². The first-order chi connectivity index (χ1) is 17.3. The molecule has 37 heavy (non-hydrogen) atoms. The molecule has 3 aromatic rings. The van der Waals surface area contributed by atoms with Gasteiger partial charge in [0.2, 0.25) is 5.91 Å². The van der Waals surface area contributed by atoms with Gasteiger partial charge in [-0.05, 0) is 54.8 Å². The molecular weight excluding hydrogens is 510 g/mol. The lowest BCUT2D eigenvalue weighted by Gasteiger charge is -2.18. The number of carbonyl (C=O) groups is 2. The second-order valence-corrected chi connectivity index (χ2v) is 8.46. The maximum atomic E-state index is 14.2. The van der Waals surface area contributed by atoms with E-state index in [2.05, 4.69) is 19.8 Å². The van der Waals surface area contributed by atoms with E-state index in [9.17, 15) is 35.9 Å². The summed E-state index contributed by atoms with van der Waals surface area (Å²) in [6, 6.07) is 7.84. The Morgan fingerprint density at radius 3 is 2.32 bits per heavy atom. The zero-order chi connectivity index (χ0) is 26.8. The third-order valence-corrected chi connectivity index (χ3v) is 6.05. The van der Waals surface area contributed by atoms with Crippen LogP contribution in [0.2, 0.25) is 0 Å². The number of hydrogen-bond donors (Lipinski definition) is 2. The molecule has 2 aliphatic rings.